The van der Waals surface area contributed by atoms with Crippen molar-refractivity contribution in [3.8, 4) is 0 Å². The number of halogens is 1. The quantitative estimate of drug-likeness (QED) is 0.778. The molecule has 0 aliphatic carbocycles. The zero-order chi connectivity index (χ0) is 14.4. The van der Waals surface area contributed by atoms with E-state index in [0.717, 1.165) is 11.3 Å². The second kappa shape index (κ2) is 4.65. The highest BCUT2D eigenvalue weighted by Gasteiger charge is 2.52. The van der Waals surface area contributed by atoms with Crippen LogP contribution in [0.3, 0.4) is 0 Å². The Kier molecular flexibility index (Phi) is 3.58. The molecule has 0 spiro atoms. The summed E-state index contributed by atoms with van der Waals surface area (Å²) in [6.07, 6.45) is 1.63. The summed E-state index contributed by atoms with van der Waals surface area (Å²) < 4.78 is 12.1. The first-order valence-corrected chi connectivity index (χ1v) is 6.70. The molecule has 0 amide bonds. The van der Waals surface area contributed by atoms with E-state index in [1.165, 1.54) is 0 Å². The predicted octanol–water partition coefficient (Wildman–Crippen LogP) is 2.10. The van der Waals surface area contributed by atoms with E-state index >= 15 is 0 Å². The summed E-state index contributed by atoms with van der Waals surface area (Å²) in [6.45, 7) is 8.11. The third-order valence-electron chi connectivity index (χ3n) is 3.79. The van der Waals surface area contributed by atoms with Gasteiger partial charge in [0.1, 0.15) is 5.82 Å². The Morgan fingerprint density at radius 3 is 2.16 bits per heavy atom. The zero-order valence-corrected chi connectivity index (χ0v) is 13.1. The second-order valence-electron chi connectivity index (χ2n) is 6.05. The van der Waals surface area contributed by atoms with Gasteiger partial charge in [0.05, 0.1) is 16.2 Å². The van der Waals surface area contributed by atoms with Crippen molar-refractivity contribution < 1.29 is 9.31 Å². The lowest BCUT2D eigenvalue weighted by Crippen LogP contribution is -2.41. The molecule has 2 heterocycles. The average Bonchev–Trinajstić information content (AvgIpc) is 2.47. The van der Waals surface area contributed by atoms with E-state index in [1.54, 1.807) is 6.20 Å². The number of hydrogen-bond acceptors (Lipinski definition) is 4. The van der Waals surface area contributed by atoms with Crippen LogP contribution in [0.15, 0.2) is 12.3 Å². The topological polar surface area (TPSA) is 34.6 Å². The molecule has 0 aromatic carbocycles. The van der Waals surface area contributed by atoms with Crippen molar-refractivity contribution in [2.75, 3.05) is 19.0 Å². The minimum atomic E-state index is -0.450. The lowest BCUT2D eigenvalue weighted by molar-refractivity contribution is 0.00578. The molecular formula is C13H20BClN2O2. The number of hydrogen-bond donors (Lipinski definition) is 0. The monoisotopic (exact) mass is 282 g/mol. The van der Waals surface area contributed by atoms with E-state index in [-0.39, 0.29) is 11.2 Å². The lowest BCUT2D eigenvalue weighted by Gasteiger charge is -2.32. The molecule has 1 aliphatic heterocycles. The Labute approximate surface area is 120 Å². The first-order chi connectivity index (χ1) is 8.64. The maximum atomic E-state index is 6.05. The van der Waals surface area contributed by atoms with Crippen molar-refractivity contribution in [2.45, 2.75) is 38.9 Å². The van der Waals surface area contributed by atoms with Crippen LogP contribution >= 0.6 is 11.6 Å². The van der Waals surface area contributed by atoms with Crippen LogP contribution in [0, 0.1) is 0 Å². The average molecular weight is 283 g/mol. The molecule has 2 rings (SSSR count). The van der Waals surface area contributed by atoms with Gasteiger partial charge in [0.15, 0.2) is 0 Å². The zero-order valence-electron chi connectivity index (χ0n) is 12.3. The SMILES string of the molecule is CN(C)c1ncc(Cl)cc1B1OC(C)(C)C(C)(C)O1. The van der Waals surface area contributed by atoms with Gasteiger partial charge >= 0.3 is 7.12 Å². The minimum Gasteiger partial charge on any atom is -0.399 e. The van der Waals surface area contributed by atoms with E-state index < -0.39 is 7.12 Å². The molecule has 0 radical (unpaired) electrons. The fourth-order valence-electron chi connectivity index (χ4n) is 1.96. The van der Waals surface area contributed by atoms with Gasteiger partial charge in [-0.2, -0.15) is 0 Å². The molecule has 0 N–H and O–H groups in total. The third kappa shape index (κ3) is 2.60. The second-order valence-corrected chi connectivity index (χ2v) is 6.49. The van der Waals surface area contributed by atoms with Crippen molar-refractivity contribution in [3.63, 3.8) is 0 Å². The number of rotatable bonds is 2. The molecule has 1 aliphatic rings. The Hall–Kier alpha value is -0.775. The molecular weight excluding hydrogens is 262 g/mol. The molecule has 0 bridgehead atoms. The van der Waals surface area contributed by atoms with Crippen LogP contribution in [0.2, 0.25) is 5.02 Å². The molecule has 1 fully saturated rings. The van der Waals surface area contributed by atoms with Gasteiger partial charge in [-0.25, -0.2) is 4.98 Å². The van der Waals surface area contributed by atoms with E-state index in [2.05, 4.69) is 4.98 Å². The largest absolute Gasteiger partial charge is 0.498 e. The number of aromatic nitrogens is 1. The fraction of sp³-hybridized carbons (Fsp3) is 0.615. The summed E-state index contributed by atoms with van der Waals surface area (Å²) in [5.41, 5.74) is 0.115. The molecule has 19 heavy (non-hydrogen) atoms. The smallest absolute Gasteiger partial charge is 0.399 e. The normalized spacial score (nSPS) is 20.7. The van der Waals surface area contributed by atoms with Gasteiger partial charge in [-0.3, -0.25) is 0 Å². The molecule has 6 heteroatoms. The number of anilines is 1. The Bertz CT molecular complexity index is 476. The Morgan fingerprint density at radius 1 is 1.16 bits per heavy atom. The highest BCUT2D eigenvalue weighted by atomic mass is 35.5. The molecule has 1 aromatic heterocycles. The first kappa shape index (κ1) is 14.6. The summed E-state index contributed by atoms with van der Waals surface area (Å²) >= 11 is 6.05. The third-order valence-corrected chi connectivity index (χ3v) is 4.00. The van der Waals surface area contributed by atoms with Gasteiger partial charge in [0.25, 0.3) is 0 Å². The van der Waals surface area contributed by atoms with Crippen LogP contribution in [0.1, 0.15) is 27.7 Å². The van der Waals surface area contributed by atoms with Gasteiger partial charge in [-0.1, -0.05) is 11.6 Å². The van der Waals surface area contributed by atoms with E-state index in [1.807, 2.05) is 52.8 Å². The van der Waals surface area contributed by atoms with Crippen LogP contribution in [0.25, 0.3) is 0 Å². The summed E-state index contributed by atoms with van der Waals surface area (Å²) in [5, 5.41) is 0.579. The highest BCUT2D eigenvalue weighted by Crippen LogP contribution is 2.37. The Balaban J connectivity index is 2.41. The maximum absolute atomic E-state index is 6.05. The van der Waals surface area contributed by atoms with Crippen molar-refractivity contribution in [1.82, 2.24) is 4.98 Å². The van der Waals surface area contributed by atoms with E-state index in [0.29, 0.717) is 5.02 Å². The van der Waals surface area contributed by atoms with Gasteiger partial charge in [0.2, 0.25) is 0 Å². The molecule has 1 aromatic rings. The van der Waals surface area contributed by atoms with Crippen LogP contribution in [-0.2, 0) is 9.31 Å². The number of pyridine rings is 1. The van der Waals surface area contributed by atoms with Crippen LogP contribution < -0.4 is 10.4 Å². The van der Waals surface area contributed by atoms with Crippen LogP contribution in [0.5, 0.6) is 0 Å². The van der Waals surface area contributed by atoms with Gasteiger partial charge in [0, 0.05) is 25.8 Å². The van der Waals surface area contributed by atoms with Gasteiger partial charge in [-0.15, -0.1) is 0 Å². The summed E-state index contributed by atoms with van der Waals surface area (Å²) in [6, 6.07) is 1.85. The minimum absolute atomic E-state index is 0.371. The summed E-state index contributed by atoms with van der Waals surface area (Å²) in [4.78, 5) is 6.28. The fourth-order valence-corrected chi connectivity index (χ4v) is 2.13. The molecule has 0 atom stereocenters. The molecule has 104 valence electrons. The standard InChI is InChI=1S/C13H20BClN2O2/c1-12(2)13(3,4)19-14(18-12)10-7-9(15)8-16-11(10)17(5)6/h7-8H,1-6H3. The predicted molar refractivity (Wildman–Crippen MR) is 79.3 cm³/mol. The lowest BCUT2D eigenvalue weighted by atomic mass is 9.79. The van der Waals surface area contributed by atoms with Gasteiger partial charge in [-0.05, 0) is 33.8 Å². The summed E-state index contributed by atoms with van der Waals surface area (Å²) in [7, 11) is 3.42. The first-order valence-electron chi connectivity index (χ1n) is 6.32. The Morgan fingerprint density at radius 2 is 1.68 bits per heavy atom. The van der Waals surface area contributed by atoms with Crippen LogP contribution in [-0.4, -0.2) is 37.4 Å². The highest BCUT2D eigenvalue weighted by molar-refractivity contribution is 6.64. The molecule has 0 saturated carbocycles. The van der Waals surface area contributed by atoms with Gasteiger partial charge < -0.3 is 14.2 Å². The van der Waals surface area contributed by atoms with Crippen molar-refractivity contribution in [3.05, 3.63) is 17.3 Å². The van der Waals surface area contributed by atoms with E-state index in [4.69, 9.17) is 20.9 Å². The van der Waals surface area contributed by atoms with Crippen molar-refractivity contribution in [2.24, 2.45) is 0 Å². The molecule has 1 saturated heterocycles. The van der Waals surface area contributed by atoms with Crippen LogP contribution in [0.4, 0.5) is 5.82 Å². The molecule has 4 nitrogen and oxygen atoms in total. The summed E-state index contributed by atoms with van der Waals surface area (Å²) in [5.74, 6) is 0.808. The van der Waals surface area contributed by atoms with Crippen molar-refractivity contribution >= 4 is 30.0 Å². The maximum Gasteiger partial charge on any atom is 0.498 e. The number of nitrogens with zero attached hydrogens (tertiary/aromatic N) is 2. The molecule has 0 unspecified atom stereocenters. The van der Waals surface area contributed by atoms with Crippen molar-refractivity contribution in [1.29, 1.82) is 0 Å². The van der Waals surface area contributed by atoms with E-state index in [9.17, 15) is 0 Å².